The molecule has 28 heavy (non-hydrogen) atoms. The van der Waals surface area contributed by atoms with E-state index in [0.29, 0.717) is 6.07 Å². The Morgan fingerprint density at radius 1 is 1.18 bits per heavy atom. The average Bonchev–Trinajstić information content (AvgIpc) is 2.66. The van der Waals surface area contributed by atoms with Gasteiger partial charge in [0.1, 0.15) is 29.9 Å². The topological polar surface area (TPSA) is 170 Å². The number of hydrogen-bond donors (Lipinski definition) is 6. The fourth-order valence-electron chi connectivity index (χ4n) is 2.82. The highest BCUT2D eigenvalue weighted by molar-refractivity contribution is 5.97. The van der Waals surface area contributed by atoms with Crippen LogP contribution in [0, 0.1) is 11.6 Å². The molecule has 0 radical (unpaired) electrons. The fraction of sp³-hybridized carbons (Fsp3) is 0.375. The number of phenols is 1. The zero-order valence-electron chi connectivity index (χ0n) is 13.9. The van der Waals surface area contributed by atoms with Gasteiger partial charge in [0.2, 0.25) is 5.82 Å². The van der Waals surface area contributed by atoms with Gasteiger partial charge in [-0.3, -0.25) is 4.79 Å². The summed E-state index contributed by atoms with van der Waals surface area (Å²) in [6.07, 6.45) is -6.55. The van der Waals surface area contributed by atoms with E-state index in [2.05, 4.69) is 9.73 Å². The molecule has 0 bridgehead atoms. The van der Waals surface area contributed by atoms with E-state index in [1.54, 1.807) is 0 Å². The van der Waals surface area contributed by atoms with E-state index in [1.165, 1.54) is 0 Å². The molecular weight excluding hydrogens is 388 g/mol. The van der Waals surface area contributed by atoms with Gasteiger partial charge in [0.05, 0.1) is 6.61 Å². The highest BCUT2D eigenvalue weighted by Gasteiger charge is 2.44. The second kappa shape index (κ2) is 7.41. The molecule has 1 aromatic carbocycles. The lowest BCUT2D eigenvalue weighted by Crippen LogP contribution is -2.64. The molecule has 10 nitrogen and oxygen atoms in total. The molecule has 2 aromatic rings. The minimum absolute atomic E-state index is 0.348. The molecule has 152 valence electrons. The number of fused-ring (bicyclic) bond motifs is 1. The molecule has 1 saturated heterocycles. The zero-order chi connectivity index (χ0) is 20.7. The maximum Gasteiger partial charge on any atom is 0.349 e. The zero-order valence-corrected chi connectivity index (χ0v) is 13.9. The molecule has 1 fully saturated rings. The van der Waals surface area contributed by atoms with Crippen LogP contribution in [0.3, 0.4) is 0 Å². The van der Waals surface area contributed by atoms with Gasteiger partial charge >= 0.3 is 5.63 Å². The smallest absolute Gasteiger partial charge is 0.349 e. The highest BCUT2D eigenvalue weighted by Crippen LogP contribution is 2.28. The van der Waals surface area contributed by atoms with E-state index in [9.17, 15) is 38.8 Å². The van der Waals surface area contributed by atoms with E-state index in [0.717, 1.165) is 6.07 Å². The summed E-state index contributed by atoms with van der Waals surface area (Å²) in [6.45, 7) is -0.714. The molecule has 1 aromatic heterocycles. The first-order valence-corrected chi connectivity index (χ1v) is 7.92. The number of hydrogen-bond acceptors (Lipinski definition) is 9. The number of nitrogens with one attached hydrogen (secondary N) is 1. The molecule has 0 spiro atoms. The Balaban J connectivity index is 1.92. The first kappa shape index (κ1) is 20.1. The number of aromatic hydroxyl groups is 1. The third kappa shape index (κ3) is 3.31. The van der Waals surface area contributed by atoms with Crippen molar-refractivity contribution in [2.75, 3.05) is 6.61 Å². The normalized spacial score (nSPS) is 27.7. The van der Waals surface area contributed by atoms with Crippen LogP contribution in [0.5, 0.6) is 5.75 Å². The van der Waals surface area contributed by atoms with Crippen LogP contribution in [0.15, 0.2) is 21.3 Å². The second-order valence-electron chi connectivity index (χ2n) is 6.11. The second-order valence-corrected chi connectivity index (χ2v) is 6.11. The number of rotatable bonds is 3. The third-order valence-electron chi connectivity index (χ3n) is 4.33. The first-order chi connectivity index (χ1) is 13.1. The first-order valence-electron chi connectivity index (χ1n) is 7.92. The Labute approximate surface area is 154 Å². The number of halogens is 2. The quantitative estimate of drug-likeness (QED) is 0.327. The van der Waals surface area contributed by atoms with Gasteiger partial charge in [-0.2, -0.15) is 4.39 Å². The van der Waals surface area contributed by atoms with Crippen molar-refractivity contribution in [3.05, 3.63) is 39.8 Å². The molecule has 1 aliphatic rings. The molecular formula is C16H15F2NO9. The van der Waals surface area contributed by atoms with Crippen molar-refractivity contribution in [2.24, 2.45) is 0 Å². The molecule has 3 unspecified atom stereocenters. The summed E-state index contributed by atoms with van der Waals surface area (Å²) in [6, 6.07) is -0.165. The van der Waals surface area contributed by atoms with Crippen molar-refractivity contribution in [1.29, 1.82) is 0 Å². The molecule has 2 heterocycles. The SMILES string of the molecule is O=C(N[C@H]1C(O)OC(CO)[C@H](O)C1O)c1cc2cc(F)c(O)c(F)c2oc1=O. The number of phenolic OH excluding ortho intramolecular Hbond substituents is 1. The molecule has 0 saturated carbocycles. The fourth-order valence-corrected chi connectivity index (χ4v) is 2.82. The number of carbonyl (C=O) groups excluding carboxylic acids is 1. The lowest BCUT2D eigenvalue weighted by atomic mass is 9.97. The molecule has 12 heteroatoms. The summed E-state index contributed by atoms with van der Waals surface area (Å²) in [5.41, 5.74) is -2.85. The maximum atomic E-state index is 13.8. The van der Waals surface area contributed by atoms with Gasteiger partial charge in [-0.1, -0.05) is 0 Å². The number of aliphatic hydroxyl groups is 4. The van der Waals surface area contributed by atoms with Crippen molar-refractivity contribution < 1.29 is 48.3 Å². The lowest BCUT2D eigenvalue weighted by molar-refractivity contribution is -0.252. The number of carbonyl (C=O) groups is 1. The third-order valence-corrected chi connectivity index (χ3v) is 4.33. The minimum Gasteiger partial charge on any atom is -0.503 e. The number of amides is 1. The van der Waals surface area contributed by atoms with Gasteiger partial charge in [0, 0.05) is 5.39 Å². The monoisotopic (exact) mass is 403 g/mol. The molecule has 1 amide bonds. The molecule has 6 N–H and O–H groups in total. The van der Waals surface area contributed by atoms with Crippen molar-refractivity contribution >= 4 is 16.9 Å². The largest absolute Gasteiger partial charge is 0.503 e. The average molecular weight is 403 g/mol. The van der Waals surface area contributed by atoms with Crippen LogP contribution in [-0.4, -0.2) is 68.7 Å². The molecule has 5 atom stereocenters. The Morgan fingerprint density at radius 3 is 2.50 bits per heavy atom. The Morgan fingerprint density at radius 2 is 1.86 bits per heavy atom. The summed E-state index contributed by atoms with van der Waals surface area (Å²) < 4.78 is 36.8. The van der Waals surface area contributed by atoms with E-state index < -0.39 is 77.3 Å². The van der Waals surface area contributed by atoms with Crippen molar-refractivity contribution in [1.82, 2.24) is 5.32 Å². The highest BCUT2D eigenvalue weighted by atomic mass is 19.1. The van der Waals surface area contributed by atoms with Crippen LogP contribution >= 0.6 is 0 Å². The van der Waals surface area contributed by atoms with E-state index in [-0.39, 0.29) is 5.39 Å². The Kier molecular flexibility index (Phi) is 5.32. The number of aliphatic hydroxyl groups excluding tert-OH is 4. The van der Waals surface area contributed by atoms with Gasteiger partial charge < -0.3 is 40.0 Å². The van der Waals surface area contributed by atoms with Gasteiger partial charge in [0.15, 0.2) is 23.4 Å². The van der Waals surface area contributed by atoms with Crippen LogP contribution in [0.4, 0.5) is 8.78 Å². The summed E-state index contributed by atoms with van der Waals surface area (Å²) in [4.78, 5) is 24.3. The number of benzene rings is 1. The predicted molar refractivity (Wildman–Crippen MR) is 85.3 cm³/mol. The Hall–Kier alpha value is -2.64. The van der Waals surface area contributed by atoms with Crippen LogP contribution in [0.2, 0.25) is 0 Å². The minimum atomic E-state index is -1.83. The van der Waals surface area contributed by atoms with E-state index in [1.807, 2.05) is 0 Å². The molecule has 0 aliphatic carbocycles. The van der Waals surface area contributed by atoms with E-state index >= 15 is 0 Å². The summed E-state index contributed by atoms with van der Waals surface area (Å²) in [7, 11) is 0. The van der Waals surface area contributed by atoms with Crippen LogP contribution < -0.4 is 10.9 Å². The van der Waals surface area contributed by atoms with Crippen LogP contribution in [-0.2, 0) is 4.74 Å². The van der Waals surface area contributed by atoms with Gasteiger partial charge in [0.25, 0.3) is 5.91 Å². The lowest BCUT2D eigenvalue weighted by Gasteiger charge is -2.40. The Bertz CT molecular complexity index is 979. The van der Waals surface area contributed by atoms with Crippen LogP contribution in [0.25, 0.3) is 11.0 Å². The van der Waals surface area contributed by atoms with Gasteiger partial charge in [-0.25, -0.2) is 9.18 Å². The summed E-state index contributed by atoms with van der Waals surface area (Å²) in [5.74, 6) is -5.43. The van der Waals surface area contributed by atoms with Crippen molar-refractivity contribution in [3.8, 4) is 5.75 Å². The molecule has 3 rings (SSSR count). The summed E-state index contributed by atoms with van der Waals surface area (Å²) >= 11 is 0. The number of ether oxygens (including phenoxy) is 1. The van der Waals surface area contributed by atoms with Crippen molar-refractivity contribution in [2.45, 2.75) is 30.6 Å². The molecule has 1 aliphatic heterocycles. The predicted octanol–water partition coefficient (Wildman–Crippen LogP) is -1.69. The maximum absolute atomic E-state index is 13.8. The van der Waals surface area contributed by atoms with Crippen molar-refractivity contribution in [3.63, 3.8) is 0 Å². The standard InChI is InChI=1S/C16H15F2NO9/c17-6-2-4-1-5(15(25)28-13(4)8(18)10(6)21)14(24)19-9-12(23)11(22)7(3-20)27-16(9)26/h1-2,7,9,11-12,16,20-23,26H,3H2,(H,19,24)/t7?,9-,11+,12?,16?/m1/s1. The van der Waals surface area contributed by atoms with Gasteiger partial charge in [-0.15, -0.1) is 0 Å². The van der Waals surface area contributed by atoms with Gasteiger partial charge in [-0.05, 0) is 12.1 Å². The van der Waals surface area contributed by atoms with E-state index in [4.69, 9.17) is 9.84 Å². The van der Waals surface area contributed by atoms with Crippen LogP contribution in [0.1, 0.15) is 10.4 Å². The summed E-state index contributed by atoms with van der Waals surface area (Å²) in [5, 5.41) is 49.6.